The molecule has 2 aliphatic heterocycles. The molecular formula is C25H44O7Si. The largest absolute Gasteiger partial charge is 0.509 e. The van der Waals surface area contributed by atoms with Gasteiger partial charge in [0.05, 0.1) is 12.7 Å². The minimum Gasteiger partial charge on any atom is -0.427 e. The molecule has 2 aliphatic carbocycles. The van der Waals surface area contributed by atoms with Gasteiger partial charge in [0.2, 0.25) is 0 Å². The molecule has 7 nitrogen and oxygen atoms in total. The van der Waals surface area contributed by atoms with Crippen molar-refractivity contribution in [3.63, 3.8) is 0 Å². The zero-order valence-electron chi connectivity index (χ0n) is 22.3. The van der Waals surface area contributed by atoms with Crippen LogP contribution in [0.15, 0.2) is 0 Å². The Morgan fingerprint density at radius 1 is 1.09 bits per heavy atom. The number of aliphatic hydroxyl groups is 1. The Bertz CT molecular complexity index is 829. The van der Waals surface area contributed by atoms with E-state index in [4.69, 9.17) is 23.4 Å². The summed E-state index contributed by atoms with van der Waals surface area (Å²) in [6.07, 6.45) is -0.602. The topological polar surface area (TPSA) is 83.5 Å². The number of fused-ring (bicyclic) bond motifs is 2. The summed E-state index contributed by atoms with van der Waals surface area (Å²) in [6.45, 7) is 23.3. The van der Waals surface area contributed by atoms with E-state index in [1.54, 1.807) is 6.92 Å². The summed E-state index contributed by atoms with van der Waals surface area (Å²) < 4.78 is 31.6. The second-order valence-corrected chi connectivity index (χ2v) is 18.6. The molecule has 4 aliphatic rings. The van der Waals surface area contributed by atoms with Crippen LogP contribution < -0.4 is 0 Å². The lowest BCUT2D eigenvalue weighted by Gasteiger charge is -2.73. The highest BCUT2D eigenvalue weighted by atomic mass is 28.4. The second-order valence-electron chi connectivity index (χ2n) is 13.8. The first kappa shape index (κ1) is 25.4. The van der Waals surface area contributed by atoms with Gasteiger partial charge in [-0.25, -0.2) is 4.79 Å². The van der Waals surface area contributed by atoms with Gasteiger partial charge in [0.1, 0.15) is 17.3 Å². The number of carbonyl (C=O) groups excluding carboxylic acids is 1. The fourth-order valence-electron chi connectivity index (χ4n) is 7.10. The maximum atomic E-state index is 12.4. The third-order valence-corrected chi connectivity index (χ3v) is 14.3. The number of carbonyl (C=O) groups is 1. The summed E-state index contributed by atoms with van der Waals surface area (Å²) in [5.41, 5.74) is -3.58. The molecule has 0 aromatic heterocycles. The highest BCUT2D eigenvalue weighted by Gasteiger charge is 2.82. The van der Waals surface area contributed by atoms with Crippen molar-refractivity contribution >= 4 is 14.5 Å². The van der Waals surface area contributed by atoms with Gasteiger partial charge in [-0.05, 0) is 57.2 Å². The summed E-state index contributed by atoms with van der Waals surface area (Å²) in [4.78, 5) is 12.4. The smallest absolute Gasteiger partial charge is 0.427 e. The van der Waals surface area contributed by atoms with Crippen LogP contribution in [0.5, 0.6) is 0 Å². The average Bonchev–Trinajstić information content (AvgIpc) is 3.00. The molecule has 0 aromatic carbocycles. The van der Waals surface area contributed by atoms with Crippen LogP contribution in [0.4, 0.5) is 4.79 Å². The van der Waals surface area contributed by atoms with Gasteiger partial charge in [0.15, 0.2) is 20.2 Å². The van der Waals surface area contributed by atoms with E-state index in [0.29, 0.717) is 0 Å². The van der Waals surface area contributed by atoms with Crippen molar-refractivity contribution in [3.05, 3.63) is 0 Å². The molecule has 190 valence electrons. The zero-order chi connectivity index (χ0) is 25.0. The zero-order valence-corrected chi connectivity index (χ0v) is 23.3. The van der Waals surface area contributed by atoms with Crippen molar-refractivity contribution in [2.75, 3.05) is 6.61 Å². The van der Waals surface area contributed by atoms with Gasteiger partial charge in [-0.1, -0.05) is 41.5 Å². The van der Waals surface area contributed by atoms with E-state index in [-0.39, 0.29) is 29.1 Å². The summed E-state index contributed by atoms with van der Waals surface area (Å²) in [7, 11) is -2.20. The summed E-state index contributed by atoms with van der Waals surface area (Å²) in [5.74, 6) is -1.08. The minimum absolute atomic E-state index is 0.0120. The third-order valence-electron chi connectivity index (χ3n) is 9.82. The summed E-state index contributed by atoms with van der Waals surface area (Å²) >= 11 is 0. The quantitative estimate of drug-likeness (QED) is 0.445. The van der Waals surface area contributed by atoms with Gasteiger partial charge >= 0.3 is 6.16 Å². The molecule has 7 atom stereocenters. The van der Waals surface area contributed by atoms with Crippen LogP contribution in [0.3, 0.4) is 0 Å². The molecule has 0 radical (unpaired) electrons. The van der Waals surface area contributed by atoms with Crippen molar-refractivity contribution in [1.29, 1.82) is 0 Å². The Morgan fingerprint density at radius 3 is 2.27 bits per heavy atom. The van der Waals surface area contributed by atoms with E-state index in [0.717, 1.165) is 12.8 Å². The molecule has 0 amide bonds. The van der Waals surface area contributed by atoms with Crippen LogP contribution in [0.25, 0.3) is 0 Å². The van der Waals surface area contributed by atoms with E-state index >= 15 is 0 Å². The Balaban J connectivity index is 1.93. The second kappa shape index (κ2) is 6.96. The molecule has 8 heteroatoms. The van der Waals surface area contributed by atoms with Crippen molar-refractivity contribution in [2.24, 2.45) is 16.7 Å². The van der Waals surface area contributed by atoms with Gasteiger partial charge in [-0.2, -0.15) is 0 Å². The molecule has 2 heterocycles. The summed E-state index contributed by atoms with van der Waals surface area (Å²) in [5, 5.41) is 12.3. The normalized spacial score (nSPS) is 46.1. The molecule has 1 N–H and O–H groups in total. The fourth-order valence-corrected chi connectivity index (χ4v) is 8.10. The van der Waals surface area contributed by atoms with E-state index in [1.807, 2.05) is 13.8 Å². The first-order chi connectivity index (χ1) is 14.7. The van der Waals surface area contributed by atoms with Gasteiger partial charge in [-0.15, -0.1) is 0 Å². The van der Waals surface area contributed by atoms with E-state index in [2.05, 4.69) is 54.6 Å². The average molecular weight is 485 g/mol. The first-order valence-corrected chi connectivity index (χ1v) is 15.2. The van der Waals surface area contributed by atoms with Crippen LogP contribution >= 0.6 is 0 Å². The predicted octanol–water partition coefficient (Wildman–Crippen LogP) is 5.01. The van der Waals surface area contributed by atoms with Crippen molar-refractivity contribution < 1.29 is 33.3 Å². The fraction of sp³-hybridized carbons (Fsp3) is 0.960. The van der Waals surface area contributed by atoms with Crippen molar-refractivity contribution in [3.8, 4) is 0 Å². The van der Waals surface area contributed by atoms with Crippen LogP contribution in [0.1, 0.15) is 75.2 Å². The van der Waals surface area contributed by atoms with Crippen LogP contribution in [0.2, 0.25) is 18.1 Å². The molecule has 0 spiro atoms. The third kappa shape index (κ3) is 3.30. The highest BCUT2D eigenvalue weighted by Crippen LogP contribution is 2.69. The Hall–Kier alpha value is -0.673. The monoisotopic (exact) mass is 484 g/mol. The SMILES string of the molecule is CC1(C)O[C@H]2CCC(C)(C)[C@@H]3[C@@H]4OC(=O)O[C@@H]4[C@@](C)(O)[C@@](CO[Si](C)(C)C(C)(C)C)(O1)[C@@]23C. The van der Waals surface area contributed by atoms with Gasteiger partial charge in [0, 0.05) is 11.3 Å². The molecule has 0 unspecified atom stereocenters. The van der Waals surface area contributed by atoms with Crippen LogP contribution in [-0.4, -0.2) is 61.5 Å². The first-order valence-electron chi connectivity index (χ1n) is 12.3. The predicted molar refractivity (Wildman–Crippen MR) is 126 cm³/mol. The standard InChI is InChI=1S/C25H44O7Si/c1-20(2,3)33(10,11)28-14-25-23(8)15(31-22(6,7)32-25)12-13-21(4,5)17(23)16-18(24(25,9)27)30-19(26)29-16/h15-18,27H,12-14H2,1-11H3/t15-,16-,17-,18-,23-,24+,25-/m0/s1. The molecule has 0 bridgehead atoms. The molecule has 4 fully saturated rings. The molecule has 2 saturated carbocycles. The van der Waals surface area contributed by atoms with Gasteiger partial charge < -0.3 is 28.5 Å². The molecular weight excluding hydrogens is 440 g/mol. The Morgan fingerprint density at radius 2 is 1.70 bits per heavy atom. The van der Waals surface area contributed by atoms with E-state index in [9.17, 15) is 9.90 Å². The van der Waals surface area contributed by atoms with Crippen LogP contribution in [0, 0.1) is 16.7 Å². The molecule has 33 heavy (non-hydrogen) atoms. The Labute approximate surface area is 200 Å². The van der Waals surface area contributed by atoms with E-state index in [1.165, 1.54) is 0 Å². The minimum atomic E-state index is -2.20. The van der Waals surface area contributed by atoms with E-state index < -0.39 is 49.1 Å². The molecule has 0 aromatic rings. The van der Waals surface area contributed by atoms with Gasteiger partial charge in [0.25, 0.3) is 0 Å². The molecule has 4 rings (SSSR count). The van der Waals surface area contributed by atoms with Crippen molar-refractivity contribution in [2.45, 2.75) is 129 Å². The summed E-state index contributed by atoms with van der Waals surface area (Å²) in [6, 6.07) is 0. The van der Waals surface area contributed by atoms with Crippen molar-refractivity contribution in [1.82, 2.24) is 0 Å². The number of rotatable bonds is 3. The maximum absolute atomic E-state index is 12.4. The number of hydrogen-bond donors (Lipinski definition) is 1. The highest BCUT2D eigenvalue weighted by molar-refractivity contribution is 6.74. The lowest BCUT2D eigenvalue weighted by molar-refractivity contribution is -0.460. The molecule has 2 saturated heterocycles. The lowest BCUT2D eigenvalue weighted by atomic mass is 9.41. The van der Waals surface area contributed by atoms with Gasteiger partial charge in [-0.3, -0.25) is 0 Å². The number of hydrogen-bond acceptors (Lipinski definition) is 7. The maximum Gasteiger partial charge on any atom is 0.509 e. The van der Waals surface area contributed by atoms with Crippen LogP contribution in [-0.2, 0) is 23.4 Å². The Kier molecular flexibility index (Phi) is 5.36. The lowest BCUT2D eigenvalue weighted by Crippen LogP contribution is -2.86. The number of ether oxygens (including phenoxy) is 4.